The highest BCUT2D eigenvalue weighted by Gasteiger charge is 2.44. The van der Waals surface area contributed by atoms with Gasteiger partial charge in [0.25, 0.3) is 0 Å². The molecule has 1 aromatic rings. The molecule has 1 N–H and O–H groups in total. The summed E-state index contributed by atoms with van der Waals surface area (Å²) in [5.74, 6) is -2.83. The van der Waals surface area contributed by atoms with E-state index in [0.717, 1.165) is 0 Å². The van der Waals surface area contributed by atoms with Crippen LogP contribution >= 0.6 is 23.2 Å². The standard InChI is InChI=1S/C22H27Cl2NO6/c1-4-31-22(28)19-16(12-30-11-6-5-10-26)25-13(2)17(21(27)29-3)18(19)14-8-7-9-15(23)20(14)24/h7-9,17-18,26H,4-6,10-12H2,1-3H3. The lowest BCUT2D eigenvalue weighted by molar-refractivity contribution is -0.144. The first-order valence-electron chi connectivity index (χ1n) is 10.0. The molecular weight excluding hydrogens is 445 g/mol. The van der Waals surface area contributed by atoms with Gasteiger partial charge < -0.3 is 19.3 Å². The summed E-state index contributed by atoms with van der Waals surface area (Å²) >= 11 is 12.7. The lowest BCUT2D eigenvalue weighted by atomic mass is 9.75. The second-order valence-corrected chi connectivity index (χ2v) is 7.72. The first kappa shape index (κ1) is 25.3. The number of esters is 2. The molecule has 7 nitrogen and oxygen atoms in total. The van der Waals surface area contributed by atoms with E-state index in [1.165, 1.54) is 7.11 Å². The van der Waals surface area contributed by atoms with Gasteiger partial charge in [0.05, 0.1) is 41.6 Å². The largest absolute Gasteiger partial charge is 0.468 e. The number of carbonyl (C=O) groups excluding carboxylic acids is 2. The molecular formula is C22H27Cl2NO6. The second kappa shape index (κ2) is 12.2. The highest BCUT2D eigenvalue weighted by molar-refractivity contribution is 6.42. The third-order valence-electron chi connectivity index (χ3n) is 4.92. The van der Waals surface area contributed by atoms with Crippen LogP contribution in [0, 0.1) is 5.92 Å². The number of halogens is 2. The average molecular weight is 472 g/mol. The highest BCUT2D eigenvalue weighted by atomic mass is 35.5. The Labute approximate surface area is 192 Å². The first-order chi connectivity index (χ1) is 14.9. The van der Waals surface area contributed by atoms with E-state index in [9.17, 15) is 9.59 Å². The molecule has 0 radical (unpaired) electrons. The molecule has 0 aromatic heterocycles. The van der Waals surface area contributed by atoms with Crippen LogP contribution in [0.1, 0.15) is 38.2 Å². The summed E-state index contributed by atoms with van der Waals surface area (Å²) in [6, 6.07) is 5.04. The summed E-state index contributed by atoms with van der Waals surface area (Å²) in [6.45, 7) is 4.04. The van der Waals surface area contributed by atoms with E-state index in [1.54, 1.807) is 32.0 Å². The number of aliphatic imine (C=N–C) groups is 1. The minimum atomic E-state index is -0.876. The lowest BCUT2D eigenvalue weighted by Crippen LogP contribution is -2.37. The van der Waals surface area contributed by atoms with Gasteiger partial charge >= 0.3 is 11.9 Å². The topological polar surface area (TPSA) is 94.4 Å². The molecule has 0 saturated heterocycles. The van der Waals surface area contributed by atoms with Crippen molar-refractivity contribution in [1.29, 1.82) is 0 Å². The molecule has 31 heavy (non-hydrogen) atoms. The Balaban J connectivity index is 2.60. The van der Waals surface area contributed by atoms with Gasteiger partial charge in [-0.2, -0.15) is 0 Å². The molecule has 0 saturated carbocycles. The Morgan fingerprint density at radius 1 is 1.23 bits per heavy atom. The quantitative estimate of drug-likeness (QED) is 0.410. The van der Waals surface area contributed by atoms with Crippen molar-refractivity contribution >= 4 is 40.9 Å². The van der Waals surface area contributed by atoms with Gasteiger partial charge in [-0.25, -0.2) is 4.79 Å². The van der Waals surface area contributed by atoms with Gasteiger partial charge in [-0.05, 0) is 38.3 Å². The van der Waals surface area contributed by atoms with Gasteiger partial charge in [-0.1, -0.05) is 35.3 Å². The fraction of sp³-hybridized carbons (Fsp3) is 0.500. The SMILES string of the molecule is CCOC(=O)C1=C(COCCCCO)N=C(C)C(C(=O)OC)C1c1cccc(Cl)c1Cl. The van der Waals surface area contributed by atoms with Crippen LogP contribution in [-0.2, 0) is 23.8 Å². The van der Waals surface area contributed by atoms with E-state index in [2.05, 4.69) is 4.99 Å². The predicted octanol–water partition coefficient (Wildman–Crippen LogP) is 3.95. The molecule has 0 aliphatic carbocycles. The third kappa shape index (κ3) is 6.07. The summed E-state index contributed by atoms with van der Waals surface area (Å²) in [6.07, 6.45) is 1.27. The van der Waals surface area contributed by atoms with E-state index < -0.39 is 23.8 Å². The van der Waals surface area contributed by atoms with Crippen LogP contribution < -0.4 is 0 Å². The molecule has 1 heterocycles. The average Bonchev–Trinajstić information content (AvgIpc) is 2.74. The molecule has 0 amide bonds. The number of benzene rings is 1. The summed E-state index contributed by atoms with van der Waals surface area (Å²) in [7, 11) is 1.28. The molecule has 1 aliphatic rings. The Hall–Kier alpha value is -1.93. The van der Waals surface area contributed by atoms with Crippen molar-refractivity contribution in [3.05, 3.63) is 45.1 Å². The van der Waals surface area contributed by atoms with Crippen LogP contribution in [-0.4, -0.2) is 56.3 Å². The fourth-order valence-corrected chi connectivity index (χ4v) is 3.93. The molecule has 170 valence electrons. The van der Waals surface area contributed by atoms with Crippen LogP contribution in [0.2, 0.25) is 10.0 Å². The summed E-state index contributed by atoms with van der Waals surface area (Å²) in [5, 5.41) is 9.46. The van der Waals surface area contributed by atoms with Crippen molar-refractivity contribution in [3.63, 3.8) is 0 Å². The third-order valence-corrected chi connectivity index (χ3v) is 5.75. The van der Waals surface area contributed by atoms with Gasteiger partial charge in [0, 0.05) is 24.8 Å². The fourth-order valence-electron chi connectivity index (χ4n) is 3.51. The van der Waals surface area contributed by atoms with Gasteiger partial charge in [-0.15, -0.1) is 0 Å². The molecule has 1 aromatic carbocycles. The van der Waals surface area contributed by atoms with Crippen molar-refractivity contribution in [1.82, 2.24) is 0 Å². The van der Waals surface area contributed by atoms with E-state index in [0.29, 0.717) is 41.4 Å². The Morgan fingerprint density at radius 2 is 1.97 bits per heavy atom. The first-order valence-corrected chi connectivity index (χ1v) is 10.8. The maximum atomic E-state index is 13.0. The second-order valence-electron chi connectivity index (χ2n) is 6.94. The zero-order valence-corrected chi connectivity index (χ0v) is 19.3. The van der Waals surface area contributed by atoms with Crippen molar-refractivity contribution in [2.45, 2.75) is 32.6 Å². The molecule has 1 aliphatic heterocycles. The smallest absolute Gasteiger partial charge is 0.336 e. The Kier molecular flexibility index (Phi) is 9.96. The minimum Gasteiger partial charge on any atom is -0.468 e. The van der Waals surface area contributed by atoms with Crippen LogP contribution in [0.3, 0.4) is 0 Å². The van der Waals surface area contributed by atoms with Gasteiger partial charge in [0.15, 0.2) is 0 Å². The number of methoxy groups -OCH3 is 1. The molecule has 2 atom stereocenters. The maximum absolute atomic E-state index is 13.0. The summed E-state index contributed by atoms with van der Waals surface area (Å²) < 4.78 is 16.0. The van der Waals surface area contributed by atoms with Crippen molar-refractivity contribution in [3.8, 4) is 0 Å². The van der Waals surface area contributed by atoms with Crippen LogP contribution in [0.25, 0.3) is 0 Å². The van der Waals surface area contributed by atoms with Crippen molar-refractivity contribution in [2.24, 2.45) is 10.9 Å². The number of nitrogens with zero attached hydrogens (tertiary/aromatic N) is 1. The van der Waals surface area contributed by atoms with Gasteiger partial charge in [-0.3, -0.25) is 9.79 Å². The number of rotatable bonds is 10. The summed E-state index contributed by atoms with van der Waals surface area (Å²) in [4.78, 5) is 30.2. The van der Waals surface area contributed by atoms with Crippen molar-refractivity contribution < 1.29 is 28.9 Å². The van der Waals surface area contributed by atoms with E-state index in [-0.39, 0.29) is 30.4 Å². The molecule has 0 spiro atoms. The zero-order valence-electron chi connectivity index (χ0n) is 17.8. The Morgan fingerprint density at radius 3 is 2.61 bits per heavy atom. The van der Waals surface area contributed by atoms with Gasteiger partial charge in [0.1, 0.15) is 5.92 Å². The predicted molar refractivity (Wildman–Crippen MR) is 119 cm³/mol. The molecule has 2 unspecified atom stereocenters. The minimum absolute atomic E-state index is 0.0412. The zero-order chi connectivity index (χ0) is 23.0. The number of unbranched alkanes of at least 4 members (excludes halogenated alkanes) is 1. The number of aliphatic hydroxyl groups excluding tert-OH is 1. The van der Waals surface area contributed by atoms with Crippen LogP contribution in [0.4, 0.5) is 0 Å². The molecule has 0 fully saturated rings. The number of hydrogen-bond acceptors (Lipinski definition) is 7. The molecule has 0 bridgehead atoms. The number of ether oxygens (including phenoxy) is 3. The van der Waals surface area contributed by atoms with E-state index in [1.807, 2.05) is 0 Å². The van der Waals surface area contributed by atoms with E-state index in [4.69, 9.17) is 42.5 Å². The number of carbonyl (C=O) groups is 2. The van der Waals surface area contributed by atoms with Gasteiger partial charge in [0.2, 0.25) is 0 Å². The number of aliphatic hydroxyl groups is 1. The van der Waals surface area contributed by atoms with E-state index >= 15 is 0 Å². The van der Waals surface area contributed by atoms with Crippen LogP contribution in [0.5, 0.6) is 0 Å². The molecule has 2 rings (SSSR count). The monoisotopic (exact) mass is 471 g/mol. The Bertz CT molecular complexity index is 868. The normalized spacial score (nSPS) is 18.6. The summed E-state index contributed by atoms with van der Waals surface area (Å²) in [5.41, 5.74) is 1.52. The molecule has 9 heteroatoms. The van der Waals surface area contributed by atoms with Crippen LogP contribution in [0.15, 0.2) is 34.5 Å². The number of hydrogen-bond donors (Lipinski definition) is 1. The highest BCUT2D eigenvalue weighted by Crippen LogP contribution is 2.44. The maximum Gasteiger partial charge on any atom is 0.336 e. The lowest BCUT2D eigenvalue weighted by Gasteiger charge is -2.32. The van der Waals surface area contributed by atoms with Crippen molar-refractivity contribution in [2.75, 3.05) is 33.5 Å².